The van der Waals surface area contributed by atoms with Crippen LogP contribution in [0.1, 0.15) is 45.2 Å². The van der Waals surface area contributed by atoms with E-state index in [0.717, 1.165) is 23.5 Å². The van der Waals surface area contributed by atoms with Gasteiger partial charge in [0, 0.05) is 12.1 Å². The summed E-state index contributed by atoms with van der Waals surface area (Å²) in [6, 6.07) is 8.87. The molecule has 0 bridgehead atoms. The van der Waals surface area contributed by atoms with Gasteiger partial charge in [0.25, 0.3) is 0 Å². The summed E-state index contributed by atoms with van der Waals surface area (Å²) in [5.74, 6) is 0. The van der Waals surface area contributed by atoms with E-state index in [0.29, 0.717) is 6.61 Å². The van der Waals surface area contributed by atoms with Crippen molar-refractivity contribution >= 4 is 0 Å². The van der Waals surface area contributed by atoms with Gasteiger partial charge in [-0.1, -0.05) is 30.3 Å². The van der Waals surface area contributed by atoms with E-state index >= 15 is 0 Å². The second-order valence-electron chi connectivity index (χ2n) is 6.39. The van der Waals surface area contributed by atoms with Gasteiger partial charge in [-0.3, -0.25) is 0 Å². The van der Waals surface area contributed by atoms with Crippen LogP contribution in [-0.4, -0.2) is 34.5 Å². The van der Waals surface area contributed by atoms with Gasteiger partial charge in [-0.25, -0.2) is 0 Å². The Kier molecular flexibility index (Phi) is 4.81. The first-order valence-corrected chi connectivity index (χ1v) is 7.22. The zero-order valence-electron chi connectivity index (χ0n) is 12.5. The fourth-order valence-corrected chi connectivity index (χ4v) is 2.61. The van der Waals surface area contributed by atoms with Gasteiger partial charge >= 0.3 is 0 Å². The topological polar surface area (TPSA) is 52.6 Å². The van der Waals surface area contributed by atoms with E-state index in [-0.39, 0.29) is 6.10 Å². The number of ether oxygens (including phenoxy) is 1. The highest BCUT2D eigenvalue weighted by Gasteiger charge is 2.40. The summed E-state index contributed by atoms with van der Waals surface area (Å²) >= 11 is 0. The number of nitrogens with zero attached hydrogens (tertiary/aromatic N) is 1. The summed E-state index contributed by atoms with van der Waals surface area (Å²) in [6.45, 7) is 6.24. The molecule has 2 rings (SSSR count). The van der Waals surface area contributed by atoms with Crippen LogP contribution in [0.5, 0.6) is 0 Å². The number of hydrogen-bond donors (Lipinski definition) is 1. The summed E-state index contributed by atoms with van der Waals surface area (Å²) in [4.78, 5) is 0. The lowest BCUT2D eigenvalue weighted by Crippen LogP contribution is -2.48. The quantitative estimate of drug-likeness (QED) is 0.862. The average Bonchev–Trinajstić information content (AvgIpc) is 2.93. The Morgan fingerprint density at radius 3 is 2.45 bits per heavy atom. The van der Waals surface area contributed by atoms with E-state index in [9.17, 15) is 10.3 Å². The van der Waals surface area contributed by atoms with Crippen LogP contribution in [0.4, 0.5) is 0 Å². The van der Waals surface area contributed by atoms with Crippen LogP contribution < -0.4 is 0 Å². The fraction of sp³-hybridized carbons (Fsp3) is 0.625. The van der Waals surface area contributed by atoms with Gasteiger partial charge < -0.3 is 9.84 Å². The molecule has 1 aliphatic rings. The summed E-state index contributed by atoms with van der Waals surface area (Å²) in [5, 5.41) is 24.3. The van der Waals surface area contributed by atoms with Gasteiger partial charge in [-0.2, -0.15) is 0 Å². The predicted molar refractivity (Wildman–Crippen MR) is 76.4 cm³/mol. The highest BCUT2D eigenvalue weighted by atomic mass is 16.5. The fourth-order valence-electron chi connectivity index (χ4n) is 2.61. The largest absolute Gasteiger partial charge is 0.388 e. The molecule has 1 saturated heterocycles. The third kappa shape index (κ3) is 3.38. The van der Waals surface area contributed by atoms with E-state index in [2.05, 4.69) is 0 Å². The van der Waals surface area contributed by atoms with E-state index < -0.39 is 17.7 Å². The molecule has 1 aromatic rings. The minimum Gasteiger partial charge on any atom is -0.388 e. The third-order valence-corrected chi connectivity index (χ3v) is 3.72. The Morgan fingerprint density at radius 2 is 1.95 bits per heavy atom. The first kappa shape index (κ1) is 15.4. The normalized spacial score (nSPS) is 23.0. The molecule has 1 aliphatic heterocycles. The molecular formula is C16H24NO3. The molecule has 1 radical (unpaired) electrons. The molecule has 0 saturated carbocycles. The summed E-state index contributed by atoms with van der Waals surface area (Å²) in [5.41, 5.74) is 0.264. The van der Waals surface area contributed by atoms with Crippen molar-refractivity contribution < 1.29 is 15.1 Å². The van der Waals surface area contributed by atoms with Crippen LogP contribution in [0.25, 0.3) is 0 Å². The molecule has 0 aromatic heterocycles. The summed E-state index contributed by atoms with van der Waals surface area (Å²) < 4.78 is 5.56. The third-order valence-electron chi connectivity index (χ3n) is 3.72. The van der Waals surface area contributed by atoms with Crippen molar-refractivity contribution in [3.8, 4) is 0 Å². The lowest BCUT2D eigenvalue weighted by molar-refractivity contribution is -0.265. The second-order valence-corrected chi connectivity index (χ2v) is 6.39. The van der Waals surface area contributed by atoms with Crippen molar-refractivity contribution in [2.75, 3.05) is 6.61 Å². The van der Waals surface area contributed by atoms with Crippen molar-refractivity contribution in [1.82, 2.24) is 5.06 Å². The molecule has 1 N–H and O–H groups in total. The maximum Gasteiger partial charge on any atom is 0.102 e. The van der Waals surface area contributed by atoms with E-state index in [1.807, 2.05) is 51.1 Å². The zero-order chi connectivity index (χ0) is 14.8. The molecule has 0 amide bonds. The minimum atomic E-state index is -0.809. The lowest BCUT2D eigenvalue weighted by Gasteiger charge is -2.38. The van der Waals surface area contributed by atoms with Gasteiger partial charge in [-0.15, -0.1) is 10.3 Å². The van der Waals surface area contributed by atoms with Gasteiger partial charge in [0.05, 0.1) is 12.1 Å². The number of hydrogen-bond acceptors (Lipinski definition) is 3. The van der Waals surface area contributed by atoms with Crippen LogP contribution >= 0.6 is 0 Å². The minimum absolute atomic E-state index is 0.251. The molecule has 0 aliphatic carbocycles. The van der Waals surface area contributed by atoms with Crippen molar-refractivity contribution in [3.05, 3.63) is 35.9 Å². The molecule has 3 atom stereocenters. The molecule has 1 heterocycles. The Morgan fingerprint density at radius 1 is 1.30 bits per heavy atom. The highest BCUT2D eigenvalue weighted by Crippen LogP contribution is 2.33. The monoisotopic (exact) mass is 278 g/mol. The van der Waals surface area contributed by atoms with E-state index in [4.69, 9.17) is 4.74 Å². The van der Waals surface area contributed by atoms with Crippen LogP contribution in [-0.2, 0) is 9.94 Å². The molecule has 4 heteroatoms. The first-order valence-electron chi connectivity index (χ1n) is 7.22. The van der Waals surface area contributed by atoms with Crippen LogP contribution in [0.15, 0.2) is 30.3 Å². The Hall–Kier alpha value is -0.940. The van der Waals surface area contributed by atoms with Gasteiger partial charge in [-0.05, 0) is 39.2 Å². The van der Waals surface area contributed by atoms with Crippen LogP contribution in [0, 0.1) is 0 Å². The standard InChI is InChI=1S/C16H24NO3/c1-16(2,3)17(19)14(12-8-5-4-6-9-12)15(18)13-10-7-11-20-13/h4-6,8-9,13-15,18H,7,10-11H2,1-3H3. The van der Waals surface area contributed by atoms with Crippen molar-refractivity contribution in [3.63, 3.8) is 0 Å². The van der Waals surface area contributed by atoms with Gasteiger partial charge in [0.15, 0.2) is 0 Å². The van der Waals surface area contributed by atoms with Gasteiger partial charge in [0.2, 0.25) is 0 Å². The molecule has 0 spiro atoms. The molecular weight excluding hydrogens is 254 g/mol. The molecule has 20 heavy (non-hydrogen) atoms. The molecule has 1 fully saturated rings. The molecule has 111 valence electrons. The molecule has 3 unspecified atom stereocenters. The lowest BCUT2D eigenvalue weighted by atomic mass is 9.93. The number of rotatable bonds is 4. The van der Waals surface area contributed by atoms with Crippen LogP contribution in [0.2, 0.25) is 0 Å². The Balaban J connectivity index is 2.28. The highest BCUT2D eigenvalue weighted by molar-refractivity contribution is 5.21. The van der Waals surface area contributed by atoms with Crippen molar-refractivity contribution in [2.45, 2.75) is 57.4 Å². The number of aliphatic hydroxyl groups excluding tert-OH is 1. The predicted octanol–water partition coefficient (Wildman–Crippen LogP) is 2.71. The smallest absolute Gasteiger partial charge is 0.102 e. The van der Waals surface area contributed by atoms with Crippen molar-refractivity contribution in [2.24, 2.45) is 0 Å². The Labute approximate surface area is 120 Å². The number of aliphatic hydroxyl groups is 1. The van der Waals surface area contributed by atoms with Crippen molar-refractivity contribution in [1.29, 1.82) is 0 Å². The first-order chi connectivity index (χ1) is 9.41. The second kappa shape index (κ2) is 6.22. The maximum absolute atomic E-state index is 12.7. The Bertz CT molecular complexity index is 409. The van der Waals surface area contributed by atoms with Gasteiger partial charge in [0.1, 0.15) is 6.10 Å². The SMILES string of the molecule is CC(C)(C)N([O])C(c1ccccc1)C(O)C1CCCO1. The number of hydroxylamine groups is 2. The maximum atomic E-state index is 12.7. The zero-order valence-corrected chi connectivity index (χ0v) is 12.5. The molecule has 1 aromatic carbocycles. The summed E-state index contributed by atoms with van der Waals surface area (Å²) in [7, 11) is 0. The average molecular weight is 278 g/mol. The number of benzene rings is 1. The van der Waals surface area contributed by atoms with E-state index in [1.165, 1.54) is 0 Å². The van der Waals surface area contributed by atoms with Crippen LogP contribution in [0.3, 0.4) is 0 Å². The summed E-state index contributed by atoms with van der Waals surface area (Å²) in [6.07, 6.45) is 0.690. The van der Waals surface area contributed by atoms with E-state index in [1.54, 1.807) is 0 Å². The molecule has 4 nitrogen and oxygen atoms in total.